The van der Waals surface area contributed by atoms with Crippen LogP contribution in [0.25, 0.3) is 0 Å². The Morgan fingerprint density at radius 2 is 1.62 bits per heavy atom. The Balaban J connectivity index is 2.32. The fourth-order valence-electron chi connectivity index (χ4n) is 2.62. The van der Waals surface area contributed by atoms with Gasteiger partial charge in [-0.15, -0.1) is 0 Å². The van der Waals surface area contributed by atoms with Gasteiger partial charge in [0.15, 0.2) is 0 Å². The zero-order chi connectivity index (χ0) is 12.2. The molecule has 1 atom stereocenters. The summed E-state index contributed by atoms with van der Waals surface area (Å²) in [6.45, 7) is 9.44. The minimum absolute atomic E-state index is 0.155. The molecular formula is C14H29NO. The molecule has 1 unspecified atom stereocenters. The van der Waals surface area contributed by atoms with E-state index in [2.05, 4.69) is 26.1 Å². The highest BCUT2D eigenvalue weighted by Crippen LogP contribution is 2.34. The second-order valence-corrected chi connectivity index (χ2v) is 6.62. The van der Waals surface area contributed by atoms with Gasteiger partial charge in [0, 0.05) is 5.54 Å². The highest BCUT2D eigenvalue weighted by Gasteiger charge is 2.32. The summed E-state index contributed by atoms with van der Waals surface area (Å²) in [4.78, 5) is 0. The SMILES string of the molecule is CC(C)(C)NCCC(C)(O)C1CCCCC1. The van der Waals surface area contributed by atoms with E-state index in [1.54, 1.807) is 0 Å². The van der Waals surface area contributed by atoms with Crippen molar-refractivity contribution in [3.8, 4) is 0 Å². The maximum atomic E-state index is 10.5. The predicted octanol–water partition coefficient (Wildman–Crippen LogP) is 3.10. The summed E-state index contributed by atoms with van der Waals surface area (Å²) >= 11 is 0. The Hall–Kier alpha value is -0.0800. The molecule has 0 bridgehead atoms. The Morgan fingerprint density at radius 3 is 2.12 bits per heavy atom. The molecule has 96 valence electrons. The van der Waals surface area contributed by atoms with Crippen LogP contribution in [-0.4, -0.2) is 22.8 Å². The van der Waals surface area contributed by atoms with E-state index in [9.17, 15) is 5.11 Å². The van der Waals surface area contributed by atoms with Crippen LogP contribution < -0.4 is 5.32 Å². The van der Waals surface area contributed by atoms with Crippen LogP contribution in [0.2, 0.25) is 0 Å². The molecule has 1 rings (SSSR count). The lowest BCUT2D eigenvalue weighted by Crippen LogP contribution is -2.43. The van der Waals surface area contributed by atoms with Crippen molar-refractivity contribution in [3.05, 3.63) is 0 Å². The molecule has 2 heteroatoms. The normalized spacial score (nSPS) is 23.1. The summed E-state index contributed by atoms with van der Waals surface area (Å²) < 4.78 is 0. The summed E-state index contributed by atoms with van der Waals surface area (Å²) in [5, 5.41) is 14.0. The topological polar surface area (TPSA) is 32.3 Å². The molecular weight excluding hydrogens is 198 g/mol. The van der Waals surface area contributed by atoms with Crippen molar-refractivity contribution < 1.29 is 5.11 Å². The molecule has 0 heterocycles. The molecule has 0 spiro atoms. The summed E-state index contributed by atoms with van der Waals surface area (Å²) in [7, 11) is 0. The Labute approximate surface area is 101 Å². The van der Waals surface area contributed by atoms with Crippen LogP contribution in [-0.2, 0) is 0 Å². The molecule has 0 saturated heterocycles. The van der Waals surface area contributed by atoms with E-state index in [1.165, 1.54) is 32.1 Å². The van der Waals surface area contributed by atoms with E-state index >= 15 is 0 Å². The minimum atomic E-state index is -0.474. The molecule has 1 fully saturated rings. The van der Waals surface area contributed by atoms with Gasteiger partial charge >= 0.3 is 0 Å². The van der Waals surface area contributed by atoms with Gasteiger partial charge in [-0.3, -0.25) is 0 Å². The summed E-state index contributed by atoms with van der Waals surface area (Å²) in [5.41, 5.74) is -0.318. The Bertz CT molecular complexity index is 199. The smallest absolute Gasteiger partial charge is 0.0659 e. The molecule has 2 N–H and O–H groups in total. The van der Waals surface area contributed by atoms with Crippen molar-refractivity contribution >= 4 is 0 Å². The molecule has 0 amide bonds. The standard InChI is InChI=1S/C14H29NO/c1-13(2,3)15-11-10-14(4,16)12-8-6-5-7-9-12/h12,15-16H,5-11H2,1-4H3. The maximum Gasteiger partial charge on any atom is 0.0659 e. The molecule has 0 aromatic heterocycles. The highest BCUT2D eigenvalue weighted by molar-refractivity contribution is 4.85. The lowest BCUT2D eigenvalue weighted by molar-refractivity contribution is -0.0238. The monoisotopic (exact) mass is 227 g/mol. The second-order valence-electron chi connectivity index (χ2n) is 6.62. The third kappa shape index (κ3) is 4.84. The number of hydrogen-bond acceptors (Lipinski definition) is 2. The van der Waals surface area contributed by atoms with Gasteiger partial charge < -0.3 is 10.4 Å². The molecule has 0 aliphatic heterocycles. The van der Waals surface area contributed by atoms with Gasteiger partial charge in [-0.05, 0) is 59.4 Å². The summed E-state index contributed by atoms with van der Waals surface area (Å²) in [6, 6.07) is 0. The maximum absolute atomic E-state index is 10.5. The van der Waals surface area contributed by atoms with Crippen LogP contribution in [0.5, 0.6) is 0 Å². The zero-order valence-electron chi connectivity index (χ0n) is 11.5. The average molecular weight is 227 g/mol. The Kier molecular flexibility index (Phi) is 4.81. The first-order valence-electron chi connectivity index (χ1n) is 6.79. The predicted molar refractivity (Wildman–Crippen MR) is 69.6 cm³/mol. The van der Waals surface area contributed by atoms with E-state index in [4.69, 9.17) is 0 Å². The quantitative estimate of drug-likeness (QED) is 0.773. The van der Waals surface area contributed by atoms with Crippen LogP contribution in [0.1, 0.15) is 66.2 Å². The van der Waals surface area contributed by atoms with Crippen molar-refractivity contribution in [2.24, 2.45) is 5.92 Å². The van der Waals surface area contributed by atoms with E-state index < -0.39 is 5.60 Å². The van der Waals surface area contributed by atoms with Crippen LogP contribution in [0.3, 0.4) is 0 Å². The molecule has 2 nitrogen and oxygen atoms in total. The van der Waals surface area contributed by atoms with Crippen LogP contribution >= 0.6 is 0 Å². The molecule has 1 aliphatic rings. The van der Waals surface area contributed by atoms with Gasteiger partial charge in [0.1, 0.15) is 0 Å². The lowest BCUT2D eigenvalue weighted by atomic mass is 9.76. The number of nitrogens with one attached hydrogen (secondary N) is 1. The van der Waals surface area contributed by atoms with Crippen molar-refractivity contribution in [3.63, 3.8) is 0 Å². The minimum Gasteiger partial charge on any atom is -0.390 e. The van der Waals surface area contributed by atoms with Crippen LogP contribution in [0.4, 0.5) is 0 Å². The molecule has 16 heavy (non-hydrogen) atoms. The molecule has 0 radical (unpaired) electrons. The largest absolute Gasteiger partial charge is 0.390 e. The Morgan fingerprint density at radius 1 is 1.06 bits per heavy atom. The van der Waals surface area contributed by atoms with Gasteiger partial charge in [-0.2, -0.15) is 0 Å². The molecule has 0 aromatic rings. The fraction of sp³-hybridized carbons (Fsp3) is 1.00. The lowest BCUT2D eigenvalue weighted by Gasteiger charge is -2.36. The number of aliphatic hydroxyl groups is 1. The first-order chi connectivity index (χ1) is 7.31. The van der Waals surface area contributed by atoms with Crippen LogP contribution in [0, 0.1) is 5.92 Å². The van der Waals surface area contributed by atoms with Crippen molar-refractivity contribution in [2.45, 2.75) is 77.4 Å². The third-order valence-corrected chi connectivity index (χ3v) is 3.77. The van der Waals surface area contributed by atoms with Gasteiger partial charge in [0.2, 0.25) is 0 Å². The highest BCUT2D eigenvalue weighted by atomic mass is 16.3. The molecule has 0 aromatic carbocycles. The van der Waals surface area contributed by atoms with Gasteiger partial charge in [-0.1, -0.05) is 19.3 Å². The van der Waals surface area contributed by atoms with Gasteiger partial charge in [-0.25, -0.2) is 0 Å². The van der Waals surface area contributed by atoms with Gasteiger partial charge in [0.25, 0.3) is 0 Å². The third-order valence-electron chi connectivity index (χ3n) is 3.77. The van der Waals surface area contributed by atoms with E-state index in [0.717, 1.165) is 13.0 Å². The number of rotatable bonds is 4. The van der Waals surface area contributed by atoms with Gasteiger partial charge in [0.05, 0.1) is 5.60 Å². The second kappa shape index (κ2) is 5.50. The average Bonchev–Trinajstić information content (AvgIpc) is 2.17. The van der Waals surface area contributed by atoms with E-state index in [0.29, 0.717) is 5.92 Å². The van der Waals surface area contributed by atoms with E-state index in [-0.39, 0.29) is 5.54 Å². The fourth-order valence-corrected chi connectivity index (χ4v) is 2.62. The number of hydrogen-bond donors (Lipinski definition) is 2. The van der Waals surface area contributed by atoms with Crippen molar-refractivity contribution in [1.29, 1.82) is 0 Å². The summed E-state index contributed by atoms with van der Waals surface area (Å²) in [6.07, 6.45) is 7.24. The first-order valence-corrected chi connectivity index (χ1v) is 6.79. The molecule has 1 aliphatic carbocycles. The van der Waals surface area contributed by atoms with E-state index in [1.807, 2.05) is 6.92 Å². The zero-order valence-corrected chi connectivity index (χ0v) is 11.5. The first kappa shape index (κ1) is 14.0. The van der Waals surface area contributed by atoms with Crippen molar-refractivity contribution in [1.82, 2.24) is 5.32 Å². The van der Waals surface area contributed by atoms with Crippen LogP contribution in [0.15, 0.2) is 0 Å². The van der Waals surface area contributed by atoms with Crippen molar-refractivity contribution in [2.75, 3.05) is 6.54 Å². The molecule has 1 saturated carbocycles. The summed E-state index contributed by atoms with van der Waals surface area (Å²) in [5.74, 6) is 0.517.